The highest BCUT2D eigenvalue weighted by atomic mass is 16.3. The molecule has 0 N–H and O–H groups in total. The molecule has 0 unspecified atom stereocenters. The van der Waals surface area contributed by atoms with Crippen molar-refractivity contribution in [3.63, 3.8) is 0 Å². The maximum atomic E-state index is 6.36. The van der Waals surface area contributed by atoms with Gasteiger partial charge in [0, 0.05) is 52.7 Å². The van der Waals surface area contributed by atoms with Crippen LogP contribution in [0.5, 0.6) is 0 Å². The van der Waals surface area contributed by atoms with Gasteiger partial charge in [-0.15, -0.1) is 0 Å². The summed E-state index contributed by atoms with van der Waals surface area (Å²) < 4.78 is 11.0. The summed E-state index contributed by atoms with van der Waals surface area (Å²) >= 11 is 0. The minimum absolute atomic E-state index is 0.874. The van der Waals surface area contributed by atoms with Crippen molar-refractivity contribution >= 4 is 72.6 Å². The summed E-state index contributed by atoms with van der Waals surface area (Å²) in [6, 6.07) is 32.2. The van der Waals surface area contributed by atoms with Crippen molar-refractivity contribution in [1.29, 1.82) is 0 Å². The molecule has 5 heterocycles. The highest BCUT2D eigenvalue weighted by molar-refractivity contribution is 6.10. The number of furan rings is 1. The van der Waals surface area contributed by atoms with Crippen LogP contribution in [0.1, 0.15) is 11.3 Å². The van der Waals surface area contributed by atoms with E-state index in [1.807, 2.05) is 18.3 Å². The van der Waals surface area contributed by atoms with Crippen molar-refractivity contribution < 1.29 is 4.42 Å². The molecule has 0 spiro atoms. The van der Waals surface area contributed by atoms with Gasteiger partial charge in [0.05, 0.1) is 33.4 Å². The van der Waals surface area contributed by atoms with Crippen molar-refractivity contribution in [3.05, 3.63) is 121 Å². The van der Waals surface area contributed by atoms with Gasteiger partial charge in [0.2, 0.25) is 0 Å². The van der Waals surface area contributed by atoms with Gasteiger partial charge in [-0.3, -0.25) is 4.98 Å². The average Bonchev–Trinajstić information content (AvgIpc) is 3.68. The van der Waals surface area contributed by atoms with Gasteiger partial charge in [0.1, 0.15) is 11.2 Å². The number of rotatable bonds is 3. The summed E-state index contributed by atoms with van der Waals surface area (Å²) in [5, 5.41) is 4.56. The Morgan fingerprint density at radius 3 is 2.29 bits per heavy atom. The van der Waals surface area contributed by atoms with E-state index in [4.69, 9.17) is 9.40 Å². The van der Waals surface area contributed by atoms with Crippen LogP contribution in [0.4, 0.5) is 5.69 Å². The molecule has 0 fully saturated rings. The van der Waals surface area contributed by atoms with E-state index >= 15 is 0 Å². The Bertz CT molecular complexity index is 2380. The van der Waals surface area contributed by atoms with Gasteiger partial charge in [-0.1, -0.05) is 43.0 Å². The van der Waals surface area contributed by atoms with E-state index in [1.54, 1.807) is 0 Å². The number of nitrogens with zero attached hydrogens (tertiary/aromatic N) is 4. The minimum Gasteiger partial charge on any atom is -0.456 e. The number of likely N-dealkylation sites (N-methyl/N-ethyl adjacent to an activating group) is 1. The topological polar surface area (TPSA) is 39.1 Å². The van der Waals surface area contributed by atoms with E-state index in [0.29, 0.717) is 0 Å². The number of anilines is 1. The largest absolute Gasteiger partial charge is 0.456 e. The van der Waals surface area contributed by atoms with Crippen LogP contribution in [0.15, 0.2) is 114 Å². The first-order valence-electron chi connectivity index (χ1n) is 14.2. The Morgan fingerprint density at radius 1 is 0.738 bits per heavy atom. The second-order valence-electron chi connectivity index (χ2n) is 11.0. The molecule has 0 atom stereocenters. The van der Waals surface area contributed by atoms with Gasteiger partial charge in [0.15, 0.2) is 0 Å². The van der Waals surface area contributed by atoms with Crippen LogP contribution < -0.4 is 4.90 Å². The maximum absolute atomic E-state index is 6.36. The van der Waals surface area contributed by atoms with E-state index in [-0.39, 0.29) is 0 Å². The highest BCUT2D eigenvalue weighted by Crippen LogP contribution is 2.41. The standard InChI is InChI=1S/C37H26N4O/c1-3-23-12-15-31-29(20-23)37-33(11-7-19-39(37)2)41(31)25-14-17-35-28(22-25)27-21-24(13-16-34(27)42-35)40-30-9-5-4-8-26(30)36-32(40)10-6-18-38-36/h3-18,20-22H,1,19H2,2H3. The van der Waals surface area contributed by atoms with Gasteiger partial charge in [-0.05, 0) is 78.4 Å². The number of pyridine rings is 1. The highest BCUT2D eigenvalue weighted by Gasteiger charge is 2.22. The van der Waals surface area contributed by atoms with E-state index in [1.165, 1.54) is 22.3 Å². The molecule has 42 heavy (non-hydrogen) atoms. The molecule has 1 aliphatic heterocycles. The third kappa shape index (κ3) is 3.10. The molecule has 0 radical (unpaired) electrons. The summed E-state index contributed by atoms with van der Waals surface area (Å²) in [6.45, 7) is 4.89. The number of benzene rings is 4. The Morgan fingerprint density at radius 2 is 1.48 bits per heavy atom. The molecule has 8 aromatic rings. The molecule has 4 aromatic carbocycles. The SMILES string of the molecule is C=Cc1ccc2c(c1)c1c(n2-c2ccc3oc4ccc(-n5c6ccccc6c6ncccc65)cc4c3c2)C=CCN1C. The summed E-state index contributed by atoms with van der Waals surface area (Å²) in [6.07, 6.45) is 8.25. The van der Waals surface area contributed by atoms with Gasteiger partial charge >= 0.3 is 0 Å². The quantitative estimate of drug-likeness (QED) is 0.223. The van der Waals surface area contributed by atoms with Crippen molar-refractivity contribution in [2.75, 3.05) is 18.5 Å². The molecule has 200 valence electrons. The number of fused-ring (bicyclic) bond motifs is 9. The molecule has 4 aromatic heterocycles. The van der Waals surface area contributed by atoms with E-state index in [0.717, 1.165) is 67.4 Å². The molecule has 0 bridgehead atoms. The number of para-hydroxylation sites is 1. The lowest BCUT2D eigenvalue weighted by molar-refractivity contribution is 0.669. The first-order valence-corrected chi connectivity index (χ1v) is 14.2. The molecule has 5 nitrogen and oxygen atoms in total. The molecule has 0 aliphatic carbocycles. The smallest absolute Gasteiger partial charge is 0.135 e. The van der Waals surface area contributed by atoms with E-state index < -0.39 is 0 Å². The fourth-order valence-corrected chi connectivity index (χ4v) is 6.78. The number of aromatic nitrogens is 3. The second-order valence-corrected chi connectivity index (χ2v) is 11.0. The Balaban J connectivity index is 1.30. The van der Waals surface area contributed by atoms with E-state index in [9.17, 15) is 0 Å². The summed E-state index contributed by atoms with van der Waals surface area (Å²) in [5.41, 5.74) is 11.9. The normalized spacial score (nSPS) is 13.2. The van der Waals surface area contributed by atoms with E-state index in [2.05, 4.69) is 125 Å². The molecule has 0 saturated heterocycles. The lowest BCUT2D eigenvalue weighted by Crippen LogP contribution is -2.20. The van der Waals surface area contributed by atoms with Crippen LogP contribution in [0.3, 0.4) is 0 Å². The number of hydrogen-bond acceptors (Lipinski definition) is 3. The van der Waals surface area contributed by atoms with Gasteiger partial charge in [-0.25, -0.2) is 0 Å². The van der Waals surface area contributed by atoms with Crippen molar-refractivity contribution in [2.24, 2.45) is 0 Å². The van der Waals surface area contributed by atoms with Crippen LogP contribution in [0, 0.1) is 0 Å². The zero-order valence-corrected chi connectivity index (χ0v) is 23.1. The van der Waals surface area contributed by atoms with Crippen LogP contribution in [0.25, 0.3) is 78.3 Å². The van der Waals surface area contributed by atoms with Gasteiger partial charge in [0.25, 0.3) is 0 Å². The summed E-state index contributed by atoms with van der Waals surface area (Å²) in [7, 11) is 2.16. The molecule has 9 rings (SSSR count). The van der Waals surface area contributed by atoms with Crippen LogP contribution >= 0.6 is 0 Å². The van der Waals surface area contributed by atoms with Crippen molar-refractivity contribution in [3.8, 4) is 11.4 Å². The third-order valence-electron chi connectivity index (χ3n) is 8.65. The fraction of sp³-hybridized carbons (Fsp3) is 0.0541. The monoisotopic (exact) mass is 542 g/mol. The van der Waals surface area contributed by atoms with Crippen molar-refractivity contribution in [1.82, 2.24) is 14.1 Å². The maximum Gasteiger partial charge on any atom is 0.135 e. The Kier molecular flexibility index (Phi) is 4.68. The summed E-state index contributed by atoms with van der Waals surface area (Å²) in [4.78, 5) is 7.04. The molecular formula is C37H26N4O. The van der Waals surface area contributed by atoms with Gasteiger partial charge in [-0.2, -0.15) is 0 Å². The lowest BCUT2D eigenvalue weighted by atomic mass is 10.1. The molecule has 0 amide bonds. The predicted octanol–water partition coefficient (Wildman–Crippen LogP) is 9.13. The average molecular weight is 543 g/mol. The third-order valence-corrected chi connectivity index (χ3v) is 8.65. The first kappa shape index (κ1) is 23.2. The van der Waals surface area contributed by atoms with Crippen LogP contribution in [-0.2, 0) is 0 Å². The zero-order valence-electron chi connectivity index (χ0n) is 23.1. The Hall–Kier alpha value is -5.55. The molecule has 1 aliphatic rings. The molecular weight excluding hydrogens is 516 g/mol. The lowest BCUT2D eigenvalue weighted by Gasteiger charge is -2.22. The van der Waals surface area contributed by atoms with Gasteiger partial charge < -0.3 is 18.5 Å². The Labute approximate surface area is 241 Å². The van der Waals surface area contributed by atoms with Crippen LogP contribution in [-0.4, -0.2) is 27.7 Å². The molecule has 5 heteroatoms. The number of hydrogen-bond donors (Lipinski definition) is 0. The first-order chi connectivity index (χ1) is 20.7. The van der Waals surface area contributed by atoms with Crippen molar-refractivity contribution in [2.45, 2.75) is 0 Å². The summed E-state index contributed by atoms with van der Waals surface area (Å²) in [5.74, 6) is 0. The minimum atomic E-state index is 0.874. The zero-order chi connectivity index (χ0) is 27.9. The fourth-order valence-electron chi connectivity index (χ4n) is 6.78. The predicted molar refractivity (Wildman–Crippen MR) is 175 cm³/mol. The molecule has 0 saturated carbocycles. The van der Waals surface area contributed by atoms with Crippen LogP contribution in [0.2, 0.25) is 0 Å². The second kappa shape index (κ2) is 8.48.